The van der Waals surface area contributed by atoms with Crippen molar-refractivity contribution < 1.29 is 9.53 Å². The van der Waals surface area contributed by atoms with Crippen LogP contribution in [0.1, 0.15) is 21.6 Å². The molecular formula is C19H17BrN6O2. The topological polar surface area (TPSA) is 86.3 Å². The molecule has 0 unspecified atom stereocenters. The second-order valence-electron chi connectivity index (χ2n) is 6.32. The first-order valence-corrected chi connectivity index (χ1v) is 9.33. The highest BCUT2D eigenvalue weighted by Crippen LogP contribution is 2.22. The van der Waals surface area contributed by atoms with E-state index in [0.717, 1.165) is 11.3 Å². The minimum absolute atomic E-state index is 0.238. The Kier molecular flexibility index (Phi) is 4.82. The summed E-state index contributed by atoms with van der Waals surface area (Å²) in [6.07, 6.45) is 6.63. The fourth-order valence-corrected chi connectivity index (χ4v) is 3.33. The number of anilines is 1. The van der Waals surface area contributed by atoms with Gasteiger partial charge in [-0.2, -0.15) is 10.2 Å². The van der Waals surface area contributed by atoms with E-state index in [4.69, 9.17) is 4.74 Å². The largest absolute Gasteiger partial charge is 0.471 e. The molecule has 3 heterocycles. The molecule has 9 heteroatoms. The van der Waals surface area contributed by atoms with E-state index in [1.807, 2.05) is 26.0 Å². The fourth-order valence-electron chi connectivity index (χ4n) is 2.79. The zero-order chi connectivity index (χ0) is 19.7. The second kappa shape index (κ2) is 7.43. The number of benzene rings is 1. The van der Waals surface area contributed by atoms with E-state index in [1.165, 1.54) is 5.56 Å². The van der Waals surface area contributed by atoms with Crippen LogP contribution in [0.4, 0.5) is 5.69 Å². The first-order chi connectivity index (χ1) is 13.5. The van der Waals surface area contributed by atoms with Crippen LogP contribution in [-0.2, 0) is 6.73 Å². The van der Waals surface area contributed by atoms with Crippen LogP contribution in [0.2, 0.25) is 0 Å². The molecular weight excluding hydrogens is 424 g/mol. The third-order valence-electron chi connectivity index (χ3n) is 4.13. The van der Waals surface area contributed by atoms with Crippen LogP contribution in [0.5, 0.6) is 5.75 Å². The summed E-state index contributed by atoms with van der Waals surface area (Å²) in [4.78, 5) is 16.8. The minimum atomic E-state index is -0.354. The Morgan fingerprint density at radius 1 is 1.32 bits per heavy atom. The van der Waals surface area contributed by atoms with Gasteiger partial charge >= 0.3 is 0 Å². The summed E-state index contributed by atoms with van der Waals surface area (Å²) < 4.78 is 9.48. The first-order valence-electron chi connectivity index (χ1n) is 8.54. The number of nitrogens with one attached hydrogen (secondary N) is 1. The maximum Gasteiger partial charge on any atom is 0.277 e. The lowest BCUT2D eigenvalue weighted by Crippen LogP contribution is -2.13. The third-order valence-corrected chi connectivity index (χ3v) is 4.86. The monoisotopic (exact) mass is 440 g/mol. The zero-order valence-corrected chi connectivity index (χ0v) is 16.8. The van der Waals surface area contributed by atoms with Crippen molar-refractivity contribution in [1.29, 1.82) is 0 Å². The Hall–Kier alpha value is -3.20. The van der Waals surface area contributed by atoms with Crippen molar-refractivity contribution in [3.05, 3.63) is 70.3 Å². The Morgan fingerprint density at radius 3 is 2.96 bits per heavy atom. The van der Waals surface area contributed by atoms with Crippen molar-refractivity contribution >= 4 is 33.2 Å². The van der Waals surface area contributed by atoms with E-state index in [-0.39, 0.29) is 18.3 Å². The van der Waals surface area contributed by atoms with Crippen LogP contribution in [0, 0.1) is 13.8 Å². The molecule has 0 aliphatic rings. The molecule has 1 amide bonds. The fraction of sp³-hybridized carbons (Fsp3) is 0.158. The molecule has 0 radical (unpaired) electrons. The standard InChI is InChI=1S/C19H17BrN6O2/c1-12-4-5-15(13(2)8-12)28-11-25-10-14(9-22-25)23-19(27)17-16(20)18-21-6-3-7-26(18)24-17/h3-10H,11H2,1-2H3,(H,23,27). The van der Waals surface area contributed by atoms with Crippen molar-refractivity contribution in [3.63, 3.8) is 0 Å². The van der Waals surface area contributed by atoms with Gasteiger partial charge in [0.25, 0.3) is 5.91 Å². The maximum atomic E-state index is 12.6. The Labute approximate surface area is 169 Å². The quantitative estimate of drug-likeness (QED) is 0.512. The van der Waals surface area contributed by atoms with Crippen molar-refractivity contribution in [2.45, 2.75) is 20.6 Å². The van der Waals surface area contributed by atoms with Gasteiger partial charge < -0.3 is 10.1 Å². The number of nitrogens with zero attached hydrogens (tertiary/aromatic N) is 5. The van der Waals surface area contributed by atoms with Gasteiger partial charge in [0.15, 0.2) is 18.1 Å². The van der Waals surface area contributed by atoms with Gasteiger partial charge in [-0.25, -0.2) is 14.2 Å². The molecule has 1 aromatic carbocycles. The summed E-state index contributed by atoms with van der Waals surface area (Å²) >= 11 is 3.39. The van der Waals surface area contributed by atoms with Crippen LogP contribution in [0.25, 0.3) is 5.65 Å². The van der Waals surface area contributed by atoms with Crippen molar-refractivity contribution in [2.75, 3.05) is 5.32 Å². The second-order valence-corrected chi connectivity index (χ2v) is 7.11. The number of rotatable bonds is 5. The summed E-state index contributed by atoms with van der Waals surface area (Å²) in [5.41, 5.74) is 3.61. The van der Waals surface area contributed by atoms with Gasteiger partial charge in [0.1, 0.15) is 5.75 Å². The summed E-state index contributed by atoms with van der Waals surface area (Å²) in [5.74, 6) is 0.444. The molecule has 0 atom stereocenters. The summed E-state index contributed by atoms with van der Waals surface area (Å²) in [5, 5.41) is 11.3. The molecule has 142 valence electrons. The molecule has 28 heavy (non-hydrogen) atoms. The molecule has 8 nitrogen and oxygen atoms in total. The highest BCUT2D eigenvalue weighted by molar-refractivity contribution is 9.10. The molecule has 4 rings (SSSR count). The number of hydrogen-bond donors (Lipinski definition) is 1. The number of aromatic nitrogens is 5. The highest BCUT2D eigenvalue weighted by atomic mass is 79.9. The molecule has 0 spiro atoms. The molecule has 4 aromatic rings. The Balaban J connectivity index is 1.44. The number of ether oxygens (including phenoxy) is 1. The van der Waals surface area contributed by atoms with Crippen LogP contribution >= 0.6 is 15.9 Å². The number of hydrogen-bond acceptors (Lipinski definition) is 5. The molecule has 0 bridgehead atoms. The van der Waals surface area contributed by atoms with Crippen molar-refractivity contribution in [3.8, 4) is 5.75 Å². The number of halogens is 1. The van der Waals surface area contributed by atoms with Crippen LogP contribution in [-0.4, -0.2) is 30.3 Å². The van der Waals surface area contributed by atoms with Gasteiger partial charge in [-0.05, 0) is 47.5 Å². The smallest absolute Gasteiger partial charge is 0.277 e. The first kappa shape index (κ1) is 18.2. The summed E-state index contributed by atoms with van der Waals surface area (Å²) in [6, 6.07) is 7.74. The molecule has 0 aliphatic carbocycles. The lowest BCUT2D eigenvalue weighted by Gasteiger charge is -2.09. The van der Waals surface area contributed by atoms with E-state index in [9.17, 15) is 4.79 Å². The molecule has 3 aromatic heterocycles. The number of amides is 1. The molecule has 0 fully saturated rings. The van der Waals surface area contributed by atoms with Crippen LogP contribution < -0.4 is 10.1 Å². The zero-order valence-electron chi connectivity index (χ0n) is 15.3. The number of carbonyl (C=O) groups excluding carboxylic acids is 1. The summed E-state index contributed by atoms with van der Waals surface area (Å²) in [7, 11) is 0. The minimum Gasteiger partial charge on any atom is -0.471 e. The van der Waals surface area contributed by atoms with Gasteiger partial charge in [0, 0.05) is 12.4 Å². The van der Waals surface area contributed by atoms with E-state index in [2.05, 4.69) is 42.5 Å². The van der Waals surface area contributed by atoms with Crippen molar-refractivity contribution in [1.82, 2.24) is 24.4 Å². The number of fused-ring (bicyclic) bond motifs is 1. The lowest BCUT2D eigenvalue weighted by molar-refractivity contribution is 0.102. The van der Waals surface area contributed by atoms with E-state index >= 15 is 0 Å². The van der Waals surface area contributed by atoms with Gasteiger partial charge in [-0.15, -0.1) is 0 Å². The molecule has 0 aliphatic heterocycles. The van der Waals surface area contributed by atoms with E-state index in [0.29, 0.717) is 15.8 Å². The van der Waals surface area contributed by atoms with Gasteiger partial charge in [-0.1, -0.05) is 17.7 Å². The lowest BCUT2D eigenvalue weighted by atomic mass is 10.1. The predicted octanol–water partition coefficient (Wildman–Crippen LogP) is 3.59. The summed E-state index contributed by atoms with van der Waals surface area (Å²) in [6.45, 7) is 4.27. The van der Waals surface area contributed by atoms with Gasteiger partial charge in [0.05, 0.1) is 22.6 Å². The Morgan fingerprint density at radius 2 is 2.18 bits per heavy atom. The number of carbonyl (C=O) groups is 1. The maximum absolute atomic E-state index is 12.6. The average Bonchev–Trinajstić information content (AvgIpc) is 3.26. The normalized spacial score (nSPS) is 11.0. The van der Waals surface area contributed by atoms with Crippen molar-refractivity contribution in [2.24, 2.45) is 0 Å². The number of aryl methyl sites for hydroxylation is 2. The van der Waals surface area contributed by atoms with E-state index in [1.54, 1.807) is 40.1 Å². The Bertz CT molecular complexity index is 1170. The van der Waals surface area contributed by atoms with E-state index < -0.39 is 0 Å². The van der Waals surface area contributed by atoms with Gasteiger partial charge in [-0.3, -0.25) is 4.79 Å². The third kappa shape index (κ3) is 3.61. The molecule has 0 saturated heterocycles. The SMILES string of the molecule is Cc1ccc(OCn2cc(NC(=O)c3nn4cccnc4c3Br)cn2)c(C)c1. The van der Waals surface area contributed by atoms with Crippen LogP contribution in [0.15, 0.2) is 53.5 Å². The molecule has 0 saturated carbocycles. The van der Waals surface area contributed by atoms with Crippen LogP contribution in [0.3, 0.4) is 0 Å². The predicted molar refractivity (Wildman–Crippen MR) is 107 cm³/mol. The highest BCUT2D eigenvalue weighted by Gasteiger charge is 2.18. The molecule has 1 N–H and O–H groups in total. The van der Waals surface area contributed by atoms with Gasteiger partial charge in [0.2, 0.25) is 0 Å². The average molecular weight is 441 g/mol.